The van der Waals surface area contributed by atoms with Crippen molar-refractivity contribution in [2.24, 2.45) is 0 Å². The van der Waals surface area contributed by atoms with E-state index >= 15 is 0 Å². The molecule has 4 nitrogen and oxygen atoms in total. The van der Waals surface area contributed by atoms with E-state index in [9.17, 15) is 14.3 Å². The van der Waals surface area contributed by atoms with Gasteiger partial charge in [0.05, 0.1) is 0 Å². The van der Waals surface area contributed by atoms with Crippen molar-refractivity contribution in [3.05, 3.63) is 100 Å². The number of benzene rings is 3. The van der Waals surface area contributed by atoms with Crippen LogP contribution in [0, 0.1) is 12.7 Å². The molecule has 0 bridgehead atoms. The van der Waals surface area contributed by atoms with Crippen molar-refractivity contribution >= 4 is 11.6 Å². The van der Waals surface area contributed by atoms with E-state index in [1.807, 2.05) is 31.2 Å². The quantitative estimate of drug-likeness (QED) is 0.700. The number of aryl methyl sites for hydroxylation is 1. The average molecular weight is 362 g/mol. The van der Waals surface area contributed by atoms with Crippen molar-refractivity contribution in [2.45, 2.75) is 19.2 Å². The van der Waals surface area contributed by atoms with Gasteiger partial charge in [-0.1, -0.05) is 42.0 Å². The van der Waals surface area contributed by atoms with E-state index in [0.717, 1.165) is 11.1 Å². The lowest BCUT2D eigenvalue weighted by Gasteiger charge is -2.35. The number of amides is 1. The predicted molar refractivity (Wildman–Crippen MR) is 101 cm³/mol. The first-order chi connectivity index (χ1) is 12.9. The highest BCUT2D eigenvalue weighted by Crippen LogP contribution is 2.43. The molecule has 1 amide bonds. The molecule has 3 aromatic rings. The third-order valence-corrected chi connectivity index (χ3v) is 5.00. The van der Waals surface area contributed by atoms with Crippen LogP contribution in [0.5, 0.6) is 0 Å². The zero-order chi connectivity index (χ0) is 19.2. The van der Waals surface area contributed by atoms with Crippen LogP contribution in [0.2, 0.25) is 0 Å². The summed E-state index contributed by atoms with van der Waals surface area (Å²) in [4.78, 5) is 14.4. The van der Waals surface area contributed by atoms with Crippen molar-refractivity contribution < 1.29 is 14.3 Å². The molecule has 1 aliphatic heterocycles. The van der Waals surface area contributed by atoms with Gasteiger partial charge < -0.3 is 10.8 Å². The summed E-state index contributed by atoms with van der Waals surface area (Å²) in [5.74, 6) is -0.841. The van der Waals surface area contributed by atoms with Gasteiger partial charge in [-0.15, -0.1) is 0 Å². The second-order valence-electron chi connectivity index (χ2n) is 6.86. The molecule has 0 aromatic heterocycles. The molecule has 3 aromatic carbocycles. The third-order valence-electron chi connectivity index (χ3n) is 5.00. The Labute approximate surface area is 156 Å². The second kappa shape index (κ2) is 6.21. The van der Waals surface area contributed by atoms with Gasteiger partial charge in [0.25, 0.3) is 5.91 Å². The van der Waals surface area contributed by atoms with Crippen molar-refractivity contribution in [3.8, 4) is 0 Å². The van der Waals surface area contributed by atoms with Crippen molar-refractivity contribution in [3.63, 3.8) is 0 Å². The standard InChI is InChI=1S/C22H19FN2O2/c1-14-2-6-16(7-3-14)22(27)20-12-17(23)8-11-19(20)21(26)25(22)13-15-4-9-18(24)10-5-15/h2-12,27H,13,24H2,1H3. The first kappa shape index (κ1) is 17.2. The lowest BCUT2D eigenvalue weighted by atomic mass is 9.93. The van der Waals surface area contributed by atoms with E-state index in [1.54, 1.807) is 24.3 Å². The topological polar surface area (TPSA) is 66.6 Å². The van der Waals surface area contributed by atoms with E-state index < -0.39 is 11.5 Å². The lowest BCUT2D eigenvalue weighted by Crippen LogP contribution is -2.44. The van der Waals surface area contributed by atoms with Crippen LogP contribution in [0.1, 0.15) is 32.6 Å². The molecule has 0 fully saturated rings. The number of rotatable bonds is 3. The zero-order valence-electron chi connectivity index (χ0n) is 14.8. The number of carbonyl (C=O) groups is 1. The number of anilines is 1. The van der Waals surface area contributed by atoms with Crippen LogP contribution >= 0.6 is 0 Å². The van der Waals surface area contributed by atoms with Gasteiger partial charge in [0.1, 0.15) is 5.82 Å². The highest BCUT2D eigenvalue weighted by Gasteiger charge is 2.49. The lowest BCUT2D eigenvalue weighted by molar-refractivity contribution is -0.0544. The maximum absolute atomic E-state index is 14.0. The Balaban J connectivity index is 1.86. The number of fused-ring (bicyclic) bond motifs is 1. The summed E-state index contributed by atoms with van der Waals surface area (Å²) in [6.45, 7) is 2.10. The normalized spacial score (nSPS) is 18.6. The minimum Gasteiger partial charge on any atom is -0.399 e. The molecule has 1 aliphatic rings. The molecule has 27 heavy (non-hydrogen) atoms. The maximum atomic E-state index is 14.0. The predicted octanol–water partition coefficient (Wildman–Crippen LogP) is 3.57. The van der Waals surface area contributed by atoms with E-state index in [4.69, 9.17) is 5.73 Å². The first-order valence-corrected chi connectivity index (χ1v) is 8.65. The van der Waals surface area contributed by atoms with E-state index in [-0.39, 0.29) is 18.0 Å². The minimum absolute atomic E-state index is 0.166. The Hall–Kier alpha value is -3.18. The van der Waals surface area contributed by atoms with Crippen molar-refractivity contribution in [1.82, 2.24) is 4.90 Å². The van der Waals surface area contributed by atoms with Crippen LogP contribution in [0.15, 0.2) is 66.7 Å². The van der Waals surface area contributed by atoms with Crippen LogP contribution in [-0.4, -0.2) is 15.9 Å². The number of carbonyl (C=O) groups excluding carboxylic acids is 1. The number of hydrogen-bond donors (Lipinski definition) is 2. The Morgan fingerprint density at radius 1 is 1.04 bits per heavy atom. The smallest absolute Gasteiger partial charge is 0.257 e. The van der Waals surface area contributed by atoms with Crippen LogP contribution in [0.4, 0.5) is 10.1 Å². The van der Waals surface area contributed by atoms with Crippen molar-refractivity contribution in [1.29, 1.82) is 0 Å². The summed E-state index contributed by atoms with van der Waals surface area (Å²) in [5.41, 5.74) is 7.52. The van der Waals surface area contributed by atoms with E-state index in [2.05, 4.69) is 0 Å². The molecule has 1 unspecified atom stereocenters. The Kier molecular flexibility index (Phi) is 3.97. The number of nitrogen functional groups attached to an aromatic ring is 1. The van der Waals surface area contributed by atoms with Gasteiger partial charge in [-0.2, -0.15) is 0 Å². The van der Waals surface area contributed by atoms with Crippen LogP contribution in [0.25, 0.3) is 0 Å². The number of nitrogens with two attached hydrogens (primary N) is 1. The monoisotopic (exact) mass is 362 g/mol. The molecule has 0 saturated carbocycles. The van der Waals surface area contributed by atoms with Gasteiger partial charge in [-0.05, 0) is 42.8 Å². The zero-order valence-corrected chi connectivity index (χ0v) is 14.8. The molecule has 1 atom stereocenters. The summed E-state index contributed by atoms with van der Waals surface area (Å²) in [6.07, 6.45) is 0. The molecule has 3 N–H and O–H groups in total. The van der Waals surface area contributed by atoms with Crippen LogP contribution < -0.4 is 5.73 Å². The summed E-state index contributed by atoms with van der Waals surface area (Å²) in [5, 5.41) is 11.7. The summed E-state index contributed by atoms with van der Waals surface area (Å²) < 4.78 is 14.0. The molecule has 0 aliphatic carbocycles. The summed E-state index contributed by atoms with van der Waals surface area (Å²) in [6, 6.07) is 18.2. The fourth-order valence-electron chi connectivity index (χ4n) is 3.52. The third kappa shape index (κ3) is 2.76. The molecular weight excluding hydrogens is 343 g/mol. The summed E-state index contributed by atoms with van der Waals surface area (Å²) in [7, 11) is 0. The van der Waals surface area contributed by atoms with Crippen LogP contribution in [-0.2, 0) is 12.3 Å². The fourth-order valence-corrected chi connectivity index (χ4v) is 3.52. The number of hydrogen-bond acceptors (Lipinski definition) is 3. The number of aliphatic hydroxyl groups is 1. The van der Waals surface area contributed by atoms with Gasteiger partial charge in [0, 0.05) is 28.9 Å². The maximum Gasteiger partial charge on any atom is 0.257 e. The first-order valence-electron chi connectivity index (χ1n) is 8.65. The van der Waals surface area contributed by atoms with Gasteiger partial charge >= 0.3 is 0 Å². The SMILES string of the molecule is Cc1ccc(C2(O)c3cc(F)ccc3C(=O)N2Cc2ccc(N)cc2)cc1. The Morgan fingerprint density at radius 2 is 1.70 bits per heavy atom. The molecule has 0 saturated heterocycles. The molecule has 1 heterocycles. The number of halogens is 1. The molecule has 5 heteroatoms. The van der Waals surface area contributed by atoms with Gasteiger partial charge in [-0.3, -0.25) is 9.69 Å². The van der Waals surface area contributed by atoms with Gasteiger partial charge in [0.2, 0.25) is 0 Å². The van der Waals surface area contributed by atoms with E-state index in [1.165, 1.54) is 23.1 Å². The molecule has 136 valence electrons. The summed E-state index contributed by atoms with van der Waals surface area (Å²) >= 11 is 0. The second-order valence-corrected chi connectivity index (χ2v) is 6.86. The van der Waals surface area contributed by atoms with Crippen molar-refractivity contribution in [2.75, 3.05) is 5.73 Å². The Morgan fingerprint density at radius 3 is 2.37 bits per heavy atom. The highest BCUT2D eigenvalue weighted by atomic mass is 19.1. The largest absolute Gasteiger partial charge is 0.399 e. The average Bonchev–Trinajstić information content (AvgIpc) is 2.86. The highest BCUT2D eigenvalue weighted by molar-refractivity contribution is 6.00. The molecule has 0 radical (unpaired) electrons. The molecule has 0 spiro atoms. The minimum atomic E-state index is -1.75. The molecule has 4 rings (SSSR count). The van der Waals surface area contributed by atoms with Crippen LogP contribution in [0.3, 0.4) is 0 Å². The molecular formula is C22H19FN2O2. The van der Waals surface area contributed by atoms with Gasteiger partial charge in [0.15, 0.2) is 5.72 Å². The van der Waals surface area contributed by atoms with Gasteiger partial charge in [-0.25, -0.2) is 4.39 Å². The van der Waals surface area contributed by atoms with E-state index in [0.29, 0.717) is 16.8 Å². The number of nitrogens with zero attached hydrogens (tertiary/aromatic N) is 1. The Bertz CT molecular complexity index is 1020. The fraction of sp³-hybridized carbons (Fsp3) is 0.136.